The van der Waals surface area contributed by atoms with Crippen molar-refractivity contribution in [3.05, 3.63) is 70.0 Å². The quantitative estimate of drug-likeness (QED) is 0.507. The molecule has 1 N–H and O–H groups in total. The summed E-state index contributed by atoms with van der Waals surface area (Å²) in [4.78, 5) is 15.3. The lowest BCUT2D eigenvalue weighted by atomic mass is 10.0. The minimum atomic E-state index is -0.197. The van der Waals surface area contributed by atoms with Crippen LogP contribution >= 0.6 is 0 Å². The molecule has 1 aromatic heterocycles. The van der Waals surface area contributed by atoms with E-state index in [4.69, 9.17) is 4.74 Å². The van der Waals surface area contributed by atoms with Gasteiger partial charge >= 0.3 is 0 Å². The van der Waals surface area contributed by atoms with Crippen LogP contribution in [0.3, 0.4) is 0 Å². The van der Waals surface area contributed by atoms with Gasteiger partial charge in [-0.15, -0.1) is 0 Å². The largest absolute Gasteiger partial charge is 0.383 e. The molecule has 6 heteroatoms. The first-order valence-electron chi connectivity index (χ1n) is 9.04. The summed E-state index contributed by atoms with van der Waals surface area (Å²) >= 11 is 0. The maximum Gasteiger partial charge on any atom is 0.256 e. The van der Waals surface area contributed by atoms with Gasteiger partial charge in [0.1, 0.15) is 0 Å². The number of H-pyrrole nitrogens is 1. The second-order valence-electron chi connectivity index (χ2n) is 6.34. The number of nitrogens with zero attached hydrogens (tertiary/aromatic N) is 3. The van der Waals surface area contributed by atoms with Gasteiger partial charge in [0.05, 0.1) is 31.3 Å². The van der Waals surface area contributed by atoms with Crippen molar-refractivity contribution in [2.24, 2.45) is 5.10 Å². The van der Waals surface area contributed by atoms with Gasteiger partial charge in [-0.1, -0.05) is 30.3 Å². The molecule has 1 heterocycles. The number of ether oxygens (including phenoxy) is 1. The molecule has 0 aliphatic heterocycles. The maximum absolute atomic E-state index is 12.4. The van der Waals surface area contributed by atoms with Gasteiger partial charge in [-0.05, 0) is 36.2 Å². The summed E-state index contributed by atoms with van der Waals surface area (Å²) in [5.41, 5.74) is 2.98. The fourth-order valence-corrected chi connectivity index (χ4v) is 3.08. The van der Waals surface area contributed by atoms with E-state index in [1.54, 1.807) is 31.5 Å². The Morgan fingerprint density at radius 1 is 1.21 bits per heavy atom. The van der Waals surface area contributed by atoms with Crippen molar-refractivity contribution in [2.45, 2.75) is 13.5 Å². The van der Waals surface area contributed by atoms with Crippen LogP contribution in [0.2, 0.25) is 0 Å². The van der Waals surface area contributed by atoms with Crippen LogP contribution in [0.15, 0.2) is 58.4 Å². The fraction of sp³-hybridized carbons (Fsp3) is 0.227. The minimum Gasteiger partial charge on any atom is -0.383 e. The molecule has 0 aliphatic carbocycles. The summed E-state index contributed by atoms with van der Waals surface area (Å²) in [7, 11) is 1.67. The van der Waals surface area contributed by atoms with Gasteiger partial charge in [0.25, 0.3) is 5.56 Å². The molecule has 3 rings (SSSR count). The average molecular weight is 374 g/mol. The third-order valence-corrected chi connectivity index (χ3v) is 4.47. The predicted octanol–water partition coefficient (Wildman–Crippen LogP) is 3.52. The van der Waals surface area contributed by atoms with Gasteiger partial charge in [-0.2, -0.15) is 10.4 Å². The minimum absolute atomic E-state index is 0.197. The summed E-state index contributed by atoms with van der Waals surface area (Å²) < 4.78 is 5.13. The highest BCUT2D eigenvalue weighted by Gasteiger charge is 2.08. The molecule has 28 heavy (non-hydrogen) atoms. The number of fused-ring (bicyclic) bond motifs is 1. The van der Waals surface area contributed by atoms with E-state index < -0.39 is 0 Å². The molecule has 0 aliphatic rings. The molecule has 0 amide bonds. The molecule has 0 bridgehead atoms. The van der Waals surface area contributed by atoms with E-state index in [1.807, 2.05) is 42.3 Å². The molecule has 3 aromatic rings. The fourth-order valence-electron chi connectivity index (χ4n) is 3.08. The number of hydrogen-bond donors (Lipinski definition) is 1. The van der Waals surface area contributed by atoms with Crippen molar-refractivity contribution in [3.8, 4) is 17.3 Å². The van der Waals surface area contributed by atoms with Crippen LogP contribution < -0.4 is 5.56 Å². The normalized spacial score (nSPS) is 11.0. The van der Waals surface area contributed by atoms with Crippen molar-refractivity contribution < 1.29 is 4.74 Å². The highest BCUT2D eigenvalue weighted by atomic mass is 16.5. The molecule has 0 saturated carbocycles. The summed E-state index contributed by atoms with van der Waals surface area (Å²) in [5.74, 6) is 0. The zero-order chi connectivity index (χ0) is 19.9. The smallest absolute Gasteiger partial charge is 0.256 e. The SMILES string of the molecule is CC=NN(CCOC)Cc1ccc(-c2cc3c(C#N)cccc3c(=O)[nH]2)cc1. The highest BCUT2D eigenvalue weighted by Crippen LogP contribution is 2.23. The Kier molecular flexibility index (Phi) is 6.20. The summed E-state index contributed by atoms with van der Waals surface area (Å²) in [6.45, 7) is 3.86. The second-order valence-corrected chi connectivity index (χ2v) is 6.34. The molecule has 0 fully saturated rings. The Morgan fingerprint density at radius 3 is 2.68 bits per heavy atom. The zero-order valence-electron chi connectivity index (χ0n) is 16.0. The van der Waals surface area contributed by atoms with Crippen molar-refractivity contribution in [2.75, 3.05) is 20.3 Å². The van der Waals surface area contributed by atoms with E-state index in [-0.39, 0.29) is 5.56 Å². The summed E-state index contributed by atoms with van der Waals surface area (Å²) in [6.07, 6.45) is 1.76. The number of benzene rings is 2. The number of aromatic amines is 1. The number of rotatable bonds is 7. The molecule has 0 radical (unpaired) electrons. The number of aromatic nitrogens is 1. The summed E-state index contributed by atoms with van der Waals surface area (Å²) in [5, 5.41) is 16.8. The number of pyridine rings is 1. The average Bonchev–Trinajstić information content (AvgIpc) is 2.72. The van der Waals surface area contributed by atoms with Crippen molar-refractivity contribution in [3.63, 3.8) is 0 Å². The topological polar surface area (TPSA) is 81.5 Å². The third kappa shape index (κ3) is 4.27. The lowest BCUT2D eigenvalue weighted by Crippen LogP contribution is -2.21. The van der Waals surface area contributed by atoms with Crippen LogP contribution in [-0.2, 0) is 11.3 Å². The van der Waals surface area contributed by atoms with E-state index in [0.717, 1.165) is 11.1 Å². The Morgan fingerprint density at radius 2 is 2.00 bits per heavy atom. The number of methoxy groups -OCH3 is 1. The van der Waals surface area contributed by atoms with E-state index in [2.05, 4.69) is 16.2 Å². The maximum atomic E-state index is 12.4. The van der Waals surface area contributed by atoms with Crippen LogP contribution in [0.1, 0.15) is 18.1 Å². The highest BCUT2D eigenvalue weighted by molar-refractivity contribution is 5.89. The Labute approximate surface area is 163 Å². The van der Waals surface area contributed by atoms with Crippen molar-refractivity contribution in [1.29, 1.82) is 5.26 Å². The van der Waals surface area contributed by atoms with Crippen molar-refractivity contribution in [1.82, 2.24) is 9.99 Å². The second kappa shape index (κ2) is 8.98. The first-order valence-corrected chi connectivity index (χ1v) is 9.04. The van der Waals surface area contributed by atoms with Crippen LogP contribution in [0.5, 0.6) is 0 Å². The van der Waals surface area contributed by atoms with E-state index in [9.17, 15) is 10.1 Å². The first kappa shape index (κ1) is 19.3. The number of hydrogen-bond acceptors (Lipinski definition) is 5. The number of hydrazone groups is 1. The monoisotopic (exact) mass is 374 g/mol. The van der Waals surface area contributed by atoms with Gasteiger partial charge in [-0.25, -0.2) is 0 Å². The van der Waals surface area contributed by atoms with E-state index in [1.165, 1.54) is 0 Å². The molecular formula is C22H22N4O2. The van der Waals surface area contributed by atoms with Crippen LogP contribution in [-0.4, -0.2) is 36.5 Å². The molecule has 0 spiro atoms. The standard InChI is InChI=1S/C22H22N4O2/c1-3-24-26(11-12-28-2)15-16-7-9-17(10-8-16)21-13-20-18(14-23)5-4-6-19(20)22(27)25-21/h3-10,13H,11-12,15H2,1-2H3,(H,25,27). The molecule has 0 unspecified atom stereocenters. The number of nitrogens with one attached hydrogen (secondary N) is 1. The van der Waals surface area contributed by atoms with Gasteiger partial charge in [0.2, 0.25) is 0 Å². The first-order chi connectivity index (χ1) is 13.7. The lowest BCUT2D eigenvalue weighted by Gasteiger charge is -2.18. The van der Waals surface area contributed by atoms with Crippen LogP contribution in [0.4, 0.5) is 0 Å². The molecule has 6 nitrogen and oxygen atoms in total. The Bertz CT molecular complexity index is 1080. The van der Waals surface area contributed by atoms with Gasteiger partial charge in [0, 0.05) is 29.8 Å². The van der Waals surface area contributed by atoms with Crippen LogP contribution in [0.25, 0.3) is 22.0 Å². The molecule has 2 aromatic carbocycles. The number of nitriles is 1. The van der Waals surface area contributed by atoms with Gasteiger partial charge in [0.15, 0.2) is 0 Å². The van der Waals surface area contributed by atoms with Crippen LogP contribution in [0, 0.1) is 11.3 Å². The molecule has 142 valence electrons. The predicted molar refractivity (Wildman–Crippen MR) is 111 cm³/mol. The van der Waals surface area contributed by atoms with E-state index in [0.29, 0.717) is 41.7 Å². The lowest BCUT2D eigenvalue weighted by molar-refractivity contribution is 0.147. The molecule has 0 saturated heterocycles. The third-order valence-electron chi connectivity index (χ3n) is 4.47. The Hall–Kier alpha value is -3.43. The van der Waals surface area contributed by atoms with Gasteiger partial charge in [-0.3, -0.25) is 9.80 Å². The van der Waals surface area contributed by atoms with Crippen molar-refractivity contribution >= 4 is 17.0 Å². The molecule has 0 atom stereocenters. The Balaban J connectivity index is 1.89. The van der Waals surface area contributed by atoms with Gasteiger partial charge < -0.3 is 9.72 Å². The zero-order valence-corrected chi connectivity index (χ0v) is 16.0. The summed E-state index contributed by atoms with van der Waals surface area (Å²) in [6, 6.07) is 17.1. The molecular weight excluding hydrogens is 352 g/mol. The van der Waals surface area contributed by atoms with E-state index >= 15 is 0 Å².